The van der Waals surface area contributed by atoms with E-state index in [1.807, 2.05) is 0 Å². The number of phenolic OH excluding ortho intramolecular Hbond substituents is 1. The second-order valence-electron chi connectivity index (χ2n) is 5.28. The number of fused-ring (bicyclic) bond motifs is 3. The van der Waals surface area contributed by atoms with Crippen LogP contribution in [-0.4, -0.2) is 22.6 Å². The van der Waals surface area contributed by atoms with Crippen molar-refractivity contribution in [3.8, 4) is 11.4 Å². The highest BCUT2D eigenvalue weighted by molar-refractivity contribution is 6.30. The third kappa shape index (κ3) is 3.01. The van der Waals surface area contributed by atoms with Gasteiger partial charge in [0.2, 0.25) is 12.2 Å². The molecule has 126 valence electrons. The maximum Gasteiger partial charge on any atom is 0.309 e. The number of H-pyrrole nitrogens is 1. The number of hydrogen-bond acceptors (Lipinski definition) is 4. The monoisotopic (exact) mass is 362 g/mol. The fourth-order valence-electron chi connectivity index (χ4n) is 2.50. The first kappa shape index (κ1) is 10.0. The zero-order valence-electron chi connectivity index (χ0n) is 18.6. The number of rotatable bonds is 4. The number of phenols is 1. The van der Waals surface area contributed by atoms with Crippen LogP contribution in [-0.2, 0) is 4.79 Å². The smallest absolute Gasteiger partial charge is 0.309 e. The molecule has 25 heavy (non-hydrogen) atoms. The Morgan fingerprint density at radius 3 is 3.12 bits per heavy atom. The molecule has 0 saturated carbocycles. The molecule has 0 spiro atoms. The number of aromatic amines is 1. The van der Waals surface area contributed by atoms with E-state index < -0.39 is 18.3 Å². The molecule has 4 N–H and O–H groups in total. The number of benzene rings is 2. The van der Waals surface area contributed by atoms with Crippen LogP contribution < -0.4 is 15.2 Å². The van der Waals surface area contributed by atoms with Crippen LogP contribution in [0.3, 0.4) is 0 Å². The summed E-state index contributed by atoms with van der Waals surface area (Å²) in [5, 5.41) is 10.4. The van der Waals surface area contributed by atoms with Crippen molar-refractivity contribution in [1.82, 2.24) is 10.2 Å². The third-order valence-corrected chi connectivity index (χ3v) is 3.85. The number of aromatic nitrogens is 3. The zero-order valence-corrected chi connectivity index (χ0v) is 13.4. The Labute approximate surface area is 157 Å². The second-order valence-corrected chi connectivity index (χ2v) is 5.72. The Morgan fingerprint density at radius 1 is 1.48 bits per heavy atom. The molecule has 1 atom stereocenters. The van der Waals surface area contributed by atoms with Gasteiger partial charge in [0.15, 0.2) is 2.82 Å². The van der Waals surface area contributed by atoms with Gasteiger partial charge in [-0.3, -0.25) is 4.79 Å². The van der Waals surface area contributed by atoms with Crippen LogP contribution in [0.1, 0.15) is 21.0 Å². The molecule has 2 heterocycles. The first-order valence-electron chi connectivity index (χ1n) is 10.1. The molecule has 1 aliphatic heterocycles. The number of carbonyl (C=O) groups is 1. The molecular formula is C17H15ClN5O2+. The standard InChI is InChI=1S/C17H14ClN5O2/c18-10-1-6-15-13(7-10)21-14(17-22-19-9-23(15)17)8-16(25)20-11-2-4-12(24)5-3-11/h1-7,9,14,21H,8H2,(H2,20,24,25)/p+1/i8D2/hD4. The lowest BCUT2D eigenvalue weighted by atomic mass is 10.1. The number of aromatic hydroxyl groups is 1. The average Bonchev–Trinajstić information content (AvgIpc) is 3.13. The van der Waals surface area contributed by atoms with Crippen molar-refractivity contribution in [2.45, 2.75) is 12.4 Å². The molecule has 1 aromatic heterocycles. The summed E-state index contributed by atoms with van der Waals surface area (Å²) >= 11 is 6.05. The van der Waals surface area contributed by atoms with Crippen LogP contribution in [0.5, 0.6) is 5.75 Å². The maximum atomic E-state index is 13.0. The van der Waals surface area contributed by atoms with Gasteiger partial charge in [0.25, 0.3) is 1.43 Å². The van der Waals surface area contributed by atoms with Gasteiger partial charge >= 0.3 is 7.24 Å². The molecular weight excluding hydrogens is 342 g/mol. The zero-order chi connectivity index (χ0) is 22.5. The molecule has 7 nitrogen and oxygen atoms in total. The molecule has 8 heteroatoms. The summed E-state index contributed by atoms with van der Waals surface area (Å²) in [5.74, 6) is -1.11. The van der Waals surface area contributed by atoms with Gasteiger partial charge in [-0.25, -0.2) is 0 Å². The van der Waals surface area contributed by atoms with Crippen LogP contribution >= 0.6 is 11.6 Å². The fraction of sp³-hybridized carbons (Fsp3) is 0.118. The average molecular weight is 363 g/mol. The van der Waals surface area contributed by atoms with Crippen LogP contribution in [0.2, 0.25) is 9.26 Å². The van der Waals surface area contributed by atoms with E-state index in [9.17, 15) is 4.79 Å². The van der Waals surface area contributed by atoms with E-state index in [-0.39, 0.29) is 22.9 Å². The molecule has 1 unspecified atom stereocenters. The number of nitrogens with one attached hydrogen (secondary N) is 3. The van der Waals surface area contributed by atoms with E-state index >= 15 is 0 Å². The van der Waals surface area contributed by atoms with Crippen LogP contribution in [0.15, 0.2) is 48.8 Å². The molecule has 1 amide bonds. The lowest BCUT2D eigenvalue weighted by Crippen LogP contribution is -2.42. The predicted molar refractivity (Wildman–Crippen MR) is 92.8 cm³/mol. The molecule has 3 aromatic rings. The lowest BCUT2D eigenvalue weighted by molar-refractivity contribution is -0.606. The van der Waals surface area contributed by atoms with E-state index in [0.29, 0.717) is 21.1 Å². The molecule has 0 bridgehead atoms. The number of nitrogens with zero attached hydrogens (tertiary/aromatic N) is 2. The van der Waals surface area contributed by atoms with Gasteiger partial charge in [-0.1, -0.05) is 11.6 Å². The number of carbonyl (C=O) groups excluding carboxylic acids is 1. The van der Waals surface area contributed by atoms with E-state index in [1.54, 1.807) is 12.1 Å². The largest absolute Gasteiger partial charge is 0.508 e. The van der Waals surface area contributed by atoms with Crippen molar-refractivity contribution in [3.05, 3.63) is 59.6 Å². The van der Waals surface area contributed by atoms with Gasteiger partial charge in [-0.05, 0) is 42.5 Å². The van der Waals surface area contributed by atoms with Crippen LogP contribution in [0.25, 0.3) is 5.69 Å². The highest BCUT2D eigenvalue weighted by Crippen LogP contribution is 2.30. The minimum atomic E-state index is -2.79. The Balaban J connectivity index is 1.76. The number of amides is 1. The quantitative estimate of drug-likeness (QED) is 0.424. The van der Waals surface area contributed by atoms with Crippen LogP contribution in [0, 0.1) is 0 Å². The van der Waals surface area contributed by atoms with Gasteiger partial charge in [0.05, 0.1) is 12.1 Å². The Bertz CT molecular complexity index is 1160. The molecule has 0 fully saturated rings. The Hall–Kier alpha value is -3.06. The van der Waals surface area contributed by atoms with Crippen molar-refractivity contribution >= 4 is 28.9 Å². The van der Waals surface area contributed by atoms with Crippen molar-refractivity contribution in [1.29, 1.82) is 1.43 Å². The van der Waals surface area contributed by atoms with E-state index in [1.165, 1.54) is 41.2 Å². The molecule has 0 radical (unpaired) electrons. The van der Waals surface area contributed by atoms with Gasteiger partial charge in [0, 0.05) is 18.6 Å². The summed E-state index contributed by atoms with van der Waals surface area (Å²) in [5.41, 5.74) is 0.707. The summed E-state index contributed by atoms with van der Waals surface area (Å²) in [6.07, 6.45) is -1.51. The van der Waals surface area contributed by atoms with E-state index in [2.05, 4.69) is 10.2 Å². The van der Waals surface area contributed by atoms with Crippen molar-refractivity contribution < 1.29 is 21.4 Å². The molecule has 4 rings (SSSR count). The van der Waals surface area contributed by atoms with Gasteiger partial charge < -0.3 is 15.7 Å². The summed E-state index contributed by atoms with van der Waals surface area (Å²) in [4.78, 5) is 13.0. The van der Waals surface area contributed by atoms with Crippen molar-refractivity contribution in [2.24, 2.45) is 0 Å². The minimum absolute atomic E-state index is 0.0457. The molecule has 1 aliphatic rings. The van der Waals surface area contributed by atoms with Crippen molar-refractivity contribution in [3.63, 3.8) is 0 Å². The second kappa shape index (κ2) is 6.10. The van der Waals surface area contributed by atoms with E-state index in [4.69, 9.17) is 20.0 Å². The third-order valence-electron chi connectivity index (χ3n) is 3.61. The molecule has 0 saturated heterocycles. The summed E-state index contributed by atoms with van der Waals surface area (Å²) < 4.78 is 49.8. The van der Waals surface area contributed by atoms with Gasteiger partial charge in [-0.15, -0.1) is 5.09 Å². The highest BCUT2D eigenvalue weighted by Gasteiger charge is 2.33. The predicted octanol–water partition coefficient (Wildman–Crippen LogP) is 2.54. The highest BCUT2D eigenvalue weighted by atomic mass is 35.5. The van der Waals surface area contributed by atoms with E-state index in [0.717, 1.165) is 5.31 Å². The normalized spacial score (nSPS) is 19.2. The summed E-state index contributed by atoms with van der Waals surface area (Å²) in [6, 6.07) is 8.45. The Morgan fingerprint density at radius 2 is 2.32 bits per heavy atom. The SMILES string of the molecule is [2H]Oc1ccc(N([2H])C(=O)C([2H])([2H])C2c3nn([2H])c[n+]3-c3ccc(Cl)cc3N2[2H])cc1. The number of hydrogen-bond donors (Lipinski definition) is 4. The maximum absolute atomic E-state index is 13.0. The first-order chi connectivity index (χ1) is 14.6. The first-order valence-corrected chi connectivity index (χ1v) is 7.68. The minimum Gasteiger partial charge on any atom is -0.508 e. The number of halogens is 1. The number of anilines is 2. The van der Waals surface area contributed by atoms with Crippen molar-refractivity contribution in [2.75, 3.05) is 10.6 Å². The lowest BCUT2D eigenvalue weighted by Gasteiger charge is -2.23. The molecule has 0 aliphatic carbocycles. The summed E-state index contributed by atoms with van der Waals surface area (Å²) in [6.45, 7) is 0. The van der Waals surface area contributed by atoms with Gasteiger partial charge in [-0.2, -0.15) is 4.57 Å². The summed E-state index contributed by atoms with van der Waals surface area (Å²) in [7, 11) is 0. The topological polar surface area (TPSA) is 93.9 Å². The fourth-order valence-corrected chi connectivity index (χ4v) is 2.67. The van der Waals surface area contributed by atoms with Gasteiger partial charge in [0.1, 0.15) is 17.5 Å². The molecule has 2 aromatic carbocycles. The van der Waals surface area contributed by atoms with Crippen LogP contribution in [0.4, 0.5) is 11.4 Å². The Kier molecular flexibility index (Phi) is 2.45.